The van der Waals surface area contributed by atoms with Gasteiger partial charge >= 0.3 is 5.97 Å². The molecule has 0 saturated carbocycles. The van der Waals surface area contributed by atoms with Crippen LogP contribution in [0.2, 0.25) is 0 Å². The van der Waals surface area contributed by atoms with E-state index in [0.29, 0.717) is 105 Å². The maximum Gasteiger partial charge on any atom is 0.303 e. The van der Waals surface area contributed by atoms with Gasteiger partial charge in [0.05, 0.1) is 127 Å². The number of amides is 4. The molecule has 3 atom stereocenters. The number of nitro groups is 2. The molecule has 0 aliphatic carbocycles. The number of anilines is 1. The van der Waals surface area contributed by atoms with Crippen LogP contribution in [0.4, 0.5) is 17.1 Å². The van der Waals surface area contributed by atoms with E-state index < -0.39 is 51.2 Å². The van der Waals surface area contributed by atoms with Gasteiger partial charge in [-0.3, -0.25) is 49.0 Å². The van der Waals surface area contributed by atoms with Crippen molar-refractivity contribution in [3.05, 3.63) is 86.5 Å². The summed E-state index contributed by atoms with van der Waals surface area (Å²) in [6.45, 7) is 6.99. The van der Waals surface area contributed by atoms with E-state index in [9.17, 15) is 49.0 Å². The number of primary amides is 1. The summed E-state index contributed by atoms with van der Waals surface area (Å²) in [5.74, 6) is -3.17. The number of nitro benzene ring substituents is 2. The largest absolute Gasteiger partial charge is 0.481 e. The highest BCUT2D eigenvalue weighted by molar-refractivity contribution is 5.90. The molecule has 0 radical (unpaired) electrons. The smallest absolute Gasteiger partial charge is 0.303 e. The van der Waals surface area contributed by atoms with Crippen molar-refractivity contribution >= 4 is 63.2 Å². The Morgan fingerprint density at radius 3 is 1.67 bits per heavy atom. The first-order valence-corrected chi connectivity index (χ1v) is 25.8. The SMILES string of the molecule is CC(NC(=O)Cc1ccc2ccccc2c1)C(=O)NCCCCC(NC(=O)CCOCCOCCOCCOCCOCCOCCOCCOCCCC(=O)C(CCC(=O)O)Nc1ccc([N+](=O)[O-])cc1[N+](=O)[O-])C(N)=O. The summed E-state index contributed by atoms with van der Waals surface area (Å²) in [4.78, 5) is 94.4. The summed E-state index contributed by atoms with van der Waals surface area (Å²) in [7, 11) is 0. The second-order valence-electron chi connectivity index (χ2n) is 17.5. The van der Waals surface area contributed by atoms with Crippen LogP contribution in [0.25, 0.3) is 10.8 Å². The monoisotopic (exact) mass is 1100 g/mol. The first-order valence-electron chi connectivity index (χ1n) is 25.8. The van der Waals surface area contributed by atoms with Crippen molar-refractivity contribution in [2.45, 2.75) is 82.8 Å². The lowest BCUT2D eigenvalue weighted by atomic mass is 10.0. The van der Waals surface area contributed by atoms with Gasteiger partial charge in [-0.1, -0.05) is 42.5 Å². The van der Waals surface area contributed by atoms with Gasteiger partial charge in [0.25, 0.3) is 11.4 Å². The van der Waals surface area contributed by atoms with Crippen LogP contribution >= 0.6 is 0 Å². The van der Waals surface area contributed by atoms with Gasteiger partial charge in [0.15, 0.2) is 5.78 Å². The van der Waals surface area contributed by atoms with Gasteiger partial charge in [0, 0.05) is 38.5 Å². The van der Waals surface area contributed by atoms with Crippen LogP contribution < -0.4 is 27.0 Å². The lowest BCUT2D eigenvalue weighted by Gasteiger charge is -2.18. The van der Waals surface area contributed by atoms with Gasteiger partial charge in [0.1, 0.15) is 17.8 Å². The summed E-state index contributed by atoms with van der Waals surface area (Å²) in [5, 5.41) is 44.6. The minimum atomic E-state index is -1.16. The maximum atomic E-state index is 12.9. The molecule has 4 amide bonds. The molecular formula is C52H75N7O19. The normalized spacial score (nSPS) is 12.3. The summed E-state index contributed by atoms with van der Waals surface area (Å²) in [6.07, 6.45) is 1.32. The van der Waals surface area contributed by atoms with Crippen LogP contribution in [-0.4, -0.2) is 181 Å². The number of benzene rings is 3. The molecule has 0 spiro atoms. The predicted octanol–water partition coefficient (Wildman–Crippen LogP) is 3.18. The number of carbonyl (C=O) groups is 6. The number of ketones is 1. The molecule has 0 fully saturated rings. The molecule has 0 aliphatic rings. The fourth-order valence-electron chi connectivity index (χ4n) is 7.29. The highest BCUT2D eigenvalue weighted by Gasteiger charge is 2.26. The number of hydrogen-bond donors (Lipinski definition) is 6. The summed E-state index contributed by atoms with van der Waals surface area (Å²) in [6, 6.07) is 14.0. The summed E-state index contributed by atoms with van der Waals surface area (Å²) >= 11 is 0. The van der Waals surface area contributed by atoms with Crippen LogP contribution in [0.5, 0.6) is 0 Å². The number of fused-ring (bicyclic) bond motifs is 1. The predicted molar refractivity (Wildman–Crippen MR) is 283 cm³/mol. The van der Waals surface area contributed by atoms with Gasteiger partial charge in [-0.15, -0.1) is 0 Å². The number of nitrogens with zero attached hydrogens (tertiary/aromatic N) is 2. The van der Waals surface area contributed by atoms with Crippen molar-refractivity contribution in [2.75, 3.05) is 118 Å². The van der Waals surface area contributed by atoms with E-state index >= 15 is 0 Å². The molecule has 7 N–H and O–H groups in total. The molecule has 0 saturated heterocycles. The van der Waals surface area contributed by atoms with E-state index in [4.69, 9.17) is 48.7 Å². The van der Waals surface area contributed by atoms with Gasteiger partial charge in [-0.2, -0.15) is 0 Å². The lowest BCUT2D eigenvalue weighted by Crippen LogP contribution is -2.46. The molecule has 78 heavy (non-hydrogen) atoms. The second kappa shape index (κ2) is 39.6. The van der Waals surface area contributed by atoms with Crippen molar-refractivity contribution in [3.63, 3.8) is 0 Å². The van der Waals surface area contributed by atoms with Crippen LogP contribution in [0.3, 0.4) is 0 Å². The Labute approximate surface area is 452 Å². The molecule has 3 aromatic carbocycles. The summed E-state index contributed by atoms with van der Waals surface area (Å²) < 4.78 is 43.8. The highest BCUT2D eigenvalue weighted by atomic mass is 16.6. The molecule has 26 nitrogen and oxygen atoms in total. The number of nitrogens with one attached hydrogen (secondary N) is 4. The lowest BCUT2D eigenvalue weighted by molar-refractivity contribution is -0.393. The Kier molecular flexibility index (Phi) is 33.2. The molecule has 26 heteroatoms. The Hall–Kier alpha value is -6.78. The van der Waals surface area contributed by atoms with Crippen molar-refractivity contribution in [1.82, 2.24) is 16.0 Å². The van der Waals surface area contributed by atoms with Crippen molar-refractivity contribution in [1.29, 1.82) is 0 Å². The number of carboxylic acid groups (broad SMARTS) is 1. The van der Waals surface area contributed by atoms with E-state index in [1.54, 1.807) is 6.92 Å². The second-order valence-corrected chi connectivity index (χ2v) is 17.5. The zero-order valence-electron chi connectivity index (χ0n) is 44.2. The Morgan fingerprint density at radius 1 is 0.577 bits per heavy atom. The van der Waals surface area contributed by atoms with Crippen molar-refractivity contribution in [3.8, 4) is 0 Å². The Morgan fingerprint density at radius 2 is 1.13 bits per heavy atom. The minimum Gasteiger partial charge on any atom is -0.481 e. The van der Waals surface area contributed by atoms with Crippen LogP contribution in [0.1, 0.15) is 63.9 Å². The number of carboxylic acids is 1. The van der Waals surface area contributed by atoms with E-state index in [1.165, 1.54) is 0 Å². The molecule has 0 aliphatic heterocycles. The number of nitrogens with two attached hydrogens (primary N) is 1. The van der Waals surface area contributed by atoms with E-state index in [2.05, 4.69) is 21.3 Å². The fourth-order valence-corrected chi connectivity index (χ4v) is 7.29. The van der Waals surface area contributed by atoms with Crippen molar-refractivity contribution in [2.24, 2.45) is 5.73 Å². The van der Waals surface area contributed by atoms with Crippen LogP contribution in [0, 0.1) is 20.2 Å². The molecule has 3 rings (SSSR count). The fraction of sp³-hybridized carbons (Fsp3) is 0.577. The highest BCUT2D eigenvalue weighted by Crippen LogP contribution is 2.30. The number of Topliss-reactive ketones (excluding diaryl/α,β-unsaturated/α-hetero) is 1. The third-order valence-corrected chi connectivity index (χ3v) is 11.4. The Balaban J connectivity index is 1.04. The van der Waals surface area contributed by atoms with Gasteiger partial charge in [0.2, 0.25) is 23.6 Å². The number of carbonyl (C=O) groups excluding carboxylic acids is 5. The zero-order valence-corrected chi connectivity index (χ0v) is 44.2. The van der Waals surface area contributed by atoms with Gasteiger partial charge < -0.3 is 70.0 Å². The number of rotatable bonds is 47. The molecule has 0 bridgehead atoms. The third-order valence-electron chi connectivity index (χ3n) is 11.4. The van der Waals surface area contributed by atoms with E-state index in [1.807, 2.05) is 42.5 Å². The summed E-state index contributed by atoms with van der Waals surface area (Å²) in [5.41, 5.74) is 5.11. The molecule has 432 valence electrons. The molecule has 3 unspecified atom stereocenters. The number of ether oxygens (including phenoxy) is 8. The number of non-ortho nitro benzene ring substituents is 1. The molecule has 0 aromatic heterocycles. The standard InChI is InChI=1S/C52H75N7O19/c1-38(55-49(62)36-39-11-12-40-7-2-3-8-41(40)35-39)52(66)54-18-5-4-9-45(51(53)65)57-48(61)17-20-72-22-24-74-26-28-76-30-32-78-34-33-77-31-29-75-27-25-73-23-21-71-19-6-10-47(60)44(15-16-50(63)64)56-43-14-13-42(58(67)68)37-46(43)59(69)70/h2-3,7-8,11-14,35,37-38,44-45,56H,4-6,9-10,15-34,36H2,1H3,(H2,53,65)(H,54,66)(H,55,62)(H,57,61)(H,63,64). The molecular weight excluding hydrogens is 1030 g/mol. The van der Waals surface area contributed by atoms with E-state index in [-0.39, 0.29) is 94.3 Å². The molecule has 3 aromatic rings. The van der Waals surface area contributed by atoms with Gasteiger partial charge in [-0.05, 0) is 61.4 Å². The maximum absolute atomic E-state index is 12.9. The zero-order chi connectivity index (χ0) is 56.8. The first kappa shape index (κ1) is 65.5. The topological polar surface area (TPSA) is 357 Å². The average molecular weight is 1100 g/mol. The minimum absolute atomic E-state index is 0.00247. The van der Waals surface area contributed by atoms with Crippen LogP contribution in [0.15, 0.2) is 60.7 Å². The molecule has 0 heterocycles. The number of aliphatic carboxylic acids is 1. The number of unbranched alkanes of at least 4 members (excludes halogenated alkanes) is 1. The average Bonchev–Trinajstić information content (AvgIpc) is 3.40. The van der Waals surface area contributed by atoms with E-state index in [0.717, 1.165) is 34.5 Å². The van der Waals surface area contributed by atoms with Crippen molar-refractivity contribution < 1.29 is 81.6 Å². The Bertz CT molecular complexity index is 2330. The third kappa shape index (κ3) is 29.1. The van der Waals surface area contributed by atoms with Gasteiger partial charge in [-0.25, -0.2) is 0 Å². The first-order chi connectivity index (χ1) is 37.6. The van der Waals surface area contributed by atoms with Crippen LogP contribution in [-0.2, 0) is 73.1 Å². The quantitative estimate of drug-likeness (QED) is 0.0269. The number of hydrogen-bond acceptors (Lipinski definition) is 19.